The van der Waals surface area contributed by atoms with Crippen molar-refractivity contribution in [3.8, 4) is 11.5 Å². The van der Waals surface area contributed by atoms with Gasteiger partial charge in [-0.15, -0.1) is 11.8 Å². The largest absolute Gasteiger partial charge is 0.497 e. The lowest BCUT2D eigenvalue weighted by atomic mass is 10.1. The smallest absolute Gasteiger partial charge is 0.228 e. The van der Waals surface area contributed by atoms with Gasteiger partial charge in [0.1, 0.15) is 16.9 Å². The van der Waals surface area contributed by atoms with Gasteiger partial charge < -0.3 is 14.4 Å². The molecule has 0 spiro atoms. The van der Waals surface area contributed by atoms with E-state index >= 15 is 0 Å². The third-order valence-electron chi connectivity index (χ3n) is 4.07. The van der Waals surface area contributed by atoms with Crippen LogP contribution in [0.1, 0.15) is 16.5 Å². The number of carbonyl (C=O) groups is 1. The molecule has 1 saturated heterocycles. The highest BCUT2D eigenvalue weighted by atomic mass is 32.2. The van der Waals surface area contributed by atoms with Crippen LogP contribution >= 0.6 is 11.8 Å². The molecule has 1 unspecified atom stereocenters. The third kappa shape index (κ3) is 3.67. The summed E-state index contributed by atoms with van der Waals surface area (Å²) in [6, 6.07) is 15.7. The number of carbonyl (C=O) groups excluding carboxylic acids is 1. The molecule has 2 aromatic carbocycles. The first-order chi connectivity index (χ1) is 11.7. The van der Waals surface area contributed by atoms with E-state index in [1.165, 1.54) is 0 Å². The van der Waals surface area contributed by atoms with Crippen LogP contribution in [-0.2, 0) is 11.2 Å². The maximum Gasteiger partial charge on any atom is 0.228 e. The fourth-order valence-corrected chi connectivity index (χ4v) is 4.10. The van der Waals surface area contributed by atoms with E-state index in [1.807, 2.05) is 53.4 Å². The number of amides is 1. The van der Waals surface area contributed by atoms with Crippen molar-refractivity contribution in [2.24, 2.45) is 0 Å². The van der Waals surface area contributed by atoms with Crippen molar-refractivity contribution >= 4 is 17.7 Å². The van der Waals surface area contributed by atoms with Gasteiger partial charge in [-0.1, -0.05) is 30.3 Å². The van der Waals surface area contributed by atoms with Gasteiger partial charge in [-0.3, -0.25) is 4.79 Å². The van der Waals surface area contributed by atoms with Crippen LogP contribution in [0.25, 0.3) is 0 Å². The quantitative estimate of drug-likeness (QED) is 0.833. The van der Waals surface area contributed by atoms with E-state index in [0.29, 0.717) is 6.42 Å². The zero-order valence-corrected chi connectivity index (χ0v) is 14.7. The number of nitrogens with zero attached hydrogens (tertiary/aromatic N) is 1. The first-order valence-electron chi connectivity index (χ1n) is 7.89. The molecule has 0 N–H and O–H groups in total. The van der Waals surface area contributed by atoms with E-state index in [-0.39, 0.29) is 11.3 Å². The molecule has 126 valence electrons. The summed E-state index contributed by atoms with van der Waals surface area (Å²) in [6.07, 6.45) is 0.430. The highest BCUT2D eigenvalue weighted by Crippen LogP contribution is 2.40. The van der Waals surface area contributed by atoms with Gasteiger partial charge in [0, 0.05) is 18.4 Å². The zero-order valence-electron chi connectivity index (χ0n) is 13.9. The van der Waals surface area contributed by atoms with Crippen molar-refractivity contribution in [2.75, 3.05) is 26.5 Å². The first-order valence-corrected chi connectivity index (χ1v) is 8.94. The number of methoxy groups -OCH3 is 2. The van der Waals surface area contributed by atoms with Gasteiger partial charge in [0.25, 0.3) is 0 Å². The first kappa shape index (κ1) is 16.7. The average molecular weight is 343 g/mol. The van der Waals surface area contributed by atoms with E-state index < -0.39 is 0 Å². The molecule has 3 rings (SSSR count). The summed E-state index contributed by atoms with van der Waals surface area (Å²) >= 11 is 1.77. The van der Waals surface area contributed by atoms with Gasteiger partial charge in [-0.25, -0.2) is 0 Å². The lowest BCUT2D eigenvalue weighted by Gasteiger charge is -2.25. The predicted molar refractivity (Wildman–Crippen MR) is 96.6 cm³/mol. The van der Waals surface area contributed by atoms with Crippen LogP contribution in [0.15, 0.2) is 48.5 Å². The highest BCUT2D eigenvalue weighted by molar-refractivity contribution is 7.99. The van der Waals surface area contributed by atoms with Crippen molar-refractivity contribution in [3.05, 3.63) is 59.7 Å². The molecule has 0 radical (unpaired) electrons. The number of ether oxygens (including phenoxy) is 2. The maximum atomic E-state index is 12.8. The third-order valence-corrected chi connectivity index (χ3v) is 5.33. The van der Waals surface area contributed by atoms with Crippen molar-refractivity contribution < 1.29 is 14.3 Å². The summed E-state index contributed by atoms with van der Waals surface area (Å²) in [5.41, 5.74) is 2.08. The van der Waals surface area contributed by atoms with E-state index in [9.17, 15) is 4.79 Å². The van der Waals surface area contributed by atoms with E-state index in [1.54, 1.807) is 26.0 Å². The minimum absolute atomic E-state index is 0.00483. The Morgan fingerprint density at radius 3 is 2.42 bits per heavy atom. The van der Waals surface area contributed by atoms with Crippen LogP contribution in [0, 0.1) is 0 Å². The summed E-state index contributed by atoms with van der Waals surface area (Å²) in [5.74, 6) is 2.57. The fraction of sp³-hybridized carbons (Fsp3) is 0.316. The molecule has 5 heteroatoms. The molecule has 1 aliphatic rings. The lowest BCUT2D eigenvalue weighted by molar-refractivity contribution is -0.130. The van der Waals surface area contributed by atoms with Crippen molar-refractivity contribution in [3.63, 3.8) is 0 Å². The SMILES string of the molecule is COc1cc(OC)cc(C2SCCN2C(=O)Cc2ccccc2)c1. The second-order valence-corrected chi connectivity index (χ2v) is 6.81. The Hall–Kier alpha value is -2.14. The molecule has 1 atom stereocenters. The monoisotopic (exact) mass is 343 g/mol. The molecule has 0 aliphatic carbocycles. The Bertz CT molecular complexity index is 683. The van der Waals surface area contributed by atoms with Gasteiger partial charge in [-0.2, -0.15) is 0 Å². The summed E-state index contributed by atoms with van der Waals surface area (Å²) in [7, 11) is 3.28. The molecule has 1 amide bonds. The minimum Gasteiger partial charge on any atom is -0.497 e. The Balaban J connectivity index is 1.81. The molecule has 1 fully saturated rings. The molecule has 0 saturated carbocycles. The normalized spacial score (nSPS) is 16.9. The number of benzene rings is 2. The molecular weight excluding hydrogens is 322 g/mol. The number of rotatable bonds is 5. The topological polar surface area (TPSA) is 38.8 Å². The van der Waals surface area contributed by atoms with Gasteiger partial charge >= 0.3 is 0 Å². The van der Waals surface area contributed by atoms with Crippen LogP contribution in [0.5, 0.6) is 11.5 Å². The average Bonchev–Trinajstić information content (AvgIpc) is 3.12. The van der Waals surface area contributed by atoms with Crippen LogP contribution < -0.4 is 9.47 Å². The number of hydrogen-bond donors (Lipinski definition) is 0. The van der Waals surface area contributed by atoms with Crippen LogP contribution in [0.3, 0.4) is 0 Å². The van der Waals surface area contributed by atoms with Crippen LogP contribution in [0.4, 0.5) is 0 Å². The number of thioether (sulfide) groups is 1. The number of hydrogen-bond acceptors (Lipinski definition) is 4. The standard InChI is InChI=1S/C19H21NO3S/c1-22-16-11-15(12-17(13-16)23-2)19-20(8-9-24-19)18(21)10-14-6-4-3-5-7-14/h3-7,11-13,19H,8-10H2,1-2H3. The molecule has 2 aromatic rings. The molecular formula is C19H21NO3S. The van der Waals surface area contributed by atoms with Crippen LogP contribution in [-0.4, -0.2) is 37.3 Å². The Kier molecular flexibility index (Phi) is 5.30. The highest BCUT2D eigenvalue weighted by Gasteiger charge is 2.31. The Morgan fingerprint density at radius 1 is 1.12 bits per heavy atom. The fourth-order valence-electron chi connectivity index (χ4n) is 2.85. The molecule has 4 nitrogen and oxygen atoms in total. The van der Waals surface area contributed by atoms with Gasteiger partial charge in [0.05, 0.1) is 20.6 Å². The maximum absolute atomic E-state index is 12.8. The summed E-state index contributed by atoms with van der Waals surface area (Å²) < 4.78 is 10.7. The van der Waals surface area contributed by atoms with Gasteiger partial charge in [0.15, 0.2) is 0 Å². The van der Waals surface area contributed by atoms with Crippen LogP contribution in [0.2, 0.25) is 0 Å². The molecule has 24 heavy (non-hydrogen) atoms. The van der Waals surface area contributed by atoms with E-state index in [2.05, 4.69) is 0 Å². The Morgan fingerprint density at radius 2 is 1.79 bits per heavy atom. The summed E-state index contributed by atoms with van der Waals surface area (Å²) in [4.78, 5) is 14.7. The summed E-state index contributed by atoms with van der Waals surface area (Å²) in [5, 5.41) is 0.00483. The predicted octanol–water partition coefficient (Wildman–Crippen LogP) is 3.52. The van der Waals surface area contributed by atoms with Crippen molar-refractivity contribution in [2.45, 2.75) is 11.8 Å². The van der Waals surface area contributed by atoms with E-state index in [0.717, 1.165) is 34.9 Å². The summed E-state index contributed by atoms with van der Waals surface area (Å²) in [6.45, 7) is 0.764. The second-order valence-electron chi connectivity index (χ2n) is 5.62. The minimum atomic E-state index is 0.00483. The lowest BCUT2D eigenvalue weighted by Crippen LogP contribution is -2.31. The zero-order chi connectivity index (χ0) is 16.9. The van der Waals surface area contributed by atoms with Gasteiger partial charge in [0.2, 0.25) is 5.91 Å². The van der Waals surface area contributed by atoms with Crippen molar-refractivity contribution in [1.82, 2.24) is 4.90 Å². The van der Waals surface area contributed by atoms with Gasteiger partial charge in [-0.05, 0) is 23.3 Å². The molecule has 1 aliphatic heterocycles. The Labute approximate surface area is 146 Å². The van der Waals surface area contributed by atoms with Crippen molar-refractivity contribution in [1.29, 1.82) is 0 Å². The molecule has 1 heterocycles. The second kappa shape index (κ2) is 7.62. The van der Waals surface area contributed by atoms with E-state index in [4.69, 9.17) is 9.47 Å². The molecule has 0 aromatic heterocycles. The molecule has 0 bridgehead atoms.